The number of nitrogens with one attached hydrogen (secondary N) is 2. The molecule has 0 aliphatic rings. The molecule has 110 valence electrons. The number of H-pyrrole nitrogens is 1. The third-order valence-electron chi connectivity index (χ3n) is 3.52. The van der Waals surface area contributed by atoms with Gasteiger partial charge in [0, 0.05) is 12.6 Å². The van der Waals surface area contributed by atoms with Gasteiger partial charge in [0.2, 0.25) is 10.0 Å². The third-order valence-corrected chi connectivity index (χ3v) is 5.28. The monoisotopic (exact) mass is 288 g/mol. The molecule has 1 heterocycles. The molecule has 0 saturated heterocycles. The summed E-state index contributed by atoms with van der Waals surface area (Å²) in [6, 6.07) is -0.111. The number of hydrogen-bond donors (Lipinski definition) is 3. The summed E-state index contributed by atoms with van der Waals surface area (Å²) < 4.78 is 27.6. The van der Waals surface area contributed by atoms with Gasteiger partial charge in [0.1, 0.15) is 4.90 Å². The number of aromatic nitrogens is 2. The molecule has 0 fully saturated rings. The first kappa shape index (κ1) is 16.1. The topological polar surface area (TPSA) is 101 Å². The molecule has 0 aliphatic carbocycles. The molecule has 7 heteroatoms. The Morgan fingerprint density at radius 2 is 1.95 bits per heavy atom. The Morgan fingerprint density at radius 1 is 1.37 bits per heavy atom. The third kappa shape index (κ3) is 3.55. The highest BCUT2D eigenvalue weighted by Gasteiger charge is 2.27. The lowest BCUT2D eigenvalue weighted by molar-refractivity contribution is 0.390. The molecule has 1 atom stereocenters. The molecule has 0 spiro atoms. The van der Waals surface area contributed by atoms with Gasteiger partial charge in [-0.25, -0.2) is 13.1 Å². The lowest BCUT2D eigenvalue weighted by Gasteiger charge is -2.22. The van der Waals surface area contributed by atoms with Crippen LogP contribution >= 0.6 is 0 Å². The van der Waals surface area contributed by atoms with Crippen molar-refractivity contribution in [2.75, 3.05) is 0 Å². The second kappa shape index (κ2) is 6.49. The first-order valence-electron chi connectivity index (χ1n) is 6.63. The fourth-order valence-corrected chi connectivity index (χ4v) is 4.05. The van der Waals surface area contributed by atoms with E-state index in [1.165, 1.54) is 0 Å². The average molecular weight is 288 g/mol. The molecule has 0 aliphatic heterocycles. The number of hydrogen-bond acceptors (Lipinski definition) is 4. The van der Waals surface area contributed by atoms with Crippen molar-refractivity contribution in [2.24, 2.45) is 11.7 Å². The Hall–Kier alpha value is -0.920. The van der Waals surface area contributed by atoms with Crippen LogP contribution in [-0.2, 0) is 16.6 Å². The number of rotatable bonds is 7. The van der Waals surface area contributed by atoms with Crippen molar-refractivity contribution in [3.63, 3.8) is 0 Å². The van der Waals surface area contributed by atoms with Crippen LogP contribution in [-0.4, -0.2) is 24.7 Å². The lowest BCUT2D eigenvalue weighted by atomic mass is 9.96. The van der Waals surface area contributed by atoms with Crippen molar-refractivity contribution in [3.8, 4) is 0 Å². The Bertz CT molecular complexity index is 506. The van der Waals surface area contributed by atoms with Crippen molar-refractivity contribution < 1.29 is 8.42 Å². The summed E-state index contributed by atoms with van der Waals surface area (Å²) in [5.41, 5.74) is 6.42. The van der Waals surface area contributed by atoms with E-state index in [-0.39, 0.29) is 17.5 Å². The highest BCUT2D eigenvalue weighted by molar-refractivity contribution is 7.89. The van der Waals surface area contributed by atoms with Crippen molar-refractivity contribution in [3.05, 3.63) is 11.4 Å². The van der Waals surface area contributed by atoms with Gasteiger partial charge in [0.05, 0.1) is 11.4 Å². The molecule has 1 aromatic heterocycles. The van der Waals surface area contributed by atoms with E-state index in [0.717, 1.165) is 12.8 Å². The van der Waals surface area contributed by atoms with E-state index in [4.69, 9.17) is 5.73 Å². The van der Waals surface area contributed by atoms with Crippen LogP contribution in [0.4, 0.5) is 0 Å². The number of aryl methyl sites for hydroxylation is 1. The van der Waals surface area contributed by atoms with Crippen LogP contribution in [0.3, 0.4) is 0 Å². The summed E-state index contributed by atoms with van der Waals surface area (Å²) in [5.74, 6) is 0.323. The molecular formula is C12H24N4O2S. The van der Waals surface area contributed by atoms with E-state index in [9.17, 15) is 8.42 Å². The van der Waals surface area contributed by atoms with E-state index in [2.05, 4.69) is 28.8 Å². The summed E-state index contributed by atoms with van der Waals surface area (Å²) in [7, 11) is -3.58. The number of nitrogens with zero attached hydrogens (tertiary/aromatic N) is 1. The largest absolute Gasteiger partial charge is 0.325 e. The molecule has 6 nitrogen and oxygen atoms in total. The fourth-order valence-electron chi connectivity index (χ4n) is 2.36. The minimum Gasteiger partial charge on any atom is -0.325 e. The Morgan fingerprint density at radius 3 is 2.42 bits per heavy atom. The van der Waals surface area contributed by atoms with Gasteiger partial charge >= 0.3 is 0 Å². The predicted octanol–water partition coefficient (Wildman–Crippen LogP) is 1.28. The lowest BCUT2D eigenvalue weighted by Crippen LogP contribution is -2.38. The summed E-state index contributed by atoms with van der Waals surface area (Å²) in [4.78, 5) is 0.188. The molecule has 0 radical (unpaired) electrons. The summed E-state index contributed by atoms with van der Waals surface area (Å²) in [6.07, 6.45) is 1.88. The van der Waals surface area contributed by atoms with Gasteiger partial charge in [-0.05, 0) is 19.8 Å². The quantitative estimate of drug-likeness (QED) is 0.703. The first-order chi connectivity index (χ1) is 8.87. The SMILES string of the molecule is CCC(CC)C(C)NS(=O)(=O)c1c(CN)n[nH]c1C. The van der Waals surface area contributed by atoms with E-state index >= 15 is 0 Å². The average Bonchev–Trinajstić information content (AvgIpc) is 2.72. The highest BCUT2D eigenvalue weighted by atomic mass is 32.2. The minimum absolute atomic E-state index is 0.0972. The molecule has 1 unspecified atom stereocenters. The van der Waals surface area contributed by atoms with Gasteiger partial charge in [-0.2, -0.15) is 5.10 Å². The van der Waals surface area contributed by atoms with Gasteiger partial charge in [-0.3, -0.25) is 5.10 Å². The molecule has 0 saturated carbocycles. The standard InChI is InChI=1S/C12H24N4O2S/c1-5-10(6-2)8(3)16-19(17,18)12-9(4)14-15-11(12)7-13/h8,10,16H,5-7,13H2,1-4H3,(H,14,15). The van der Waals surface area contributed by atoms with E-state index in [1.807, 2.05) is 6.92 Å². The molecule has 0 amide bonds. The van der Waals surface area contributed by atoms with Crippen LogP contribution in [0.2, 0.25) is 0 Å². The maximum absolute atomic E-state index is 12.4. The fraction of sp³-hybridized carbons (Fsp3) is 0.750. The number of nitrogens with two attached hydrogens (primary N) is 1. The Labute approximate surface area is 115 Å². The zero-order valence-electron chi connectivity index (χ0n) is 12.0. The molecule has 4 N–H and O–H groups in total. The number of sulfonamides is 1. The zero-order chi connectivity index (χ0) is 14.6. The highest BCUT2D eigenvalue weighted by Crippen LogP contribution is 2.20. The molecule has 0 bridgehead atoms. The van der Waals surface area contributed by atoms with Gasteiger partial charge in [0.25, 0.3) is 0 Å². The van der Waals surface area contributed by atoms with Crippen LogP contribution in [0.5, 0.6) is 0 Å². The van der Waals surface area contributed by atoms with Crippen molar-refractivity contribution >= 4 is 10.0 Å². The number of aromatic amines is 1. The predicted molar refractivity (Wildman–Crippen MR) is 75.1 cm³/mol. The van der Waals surface area contributed by atoms with Crippen molar-refractivity contribution in [1.29, 1.82) is 0 Å². The molecule has 1 rings (SSSR count). The molecule has 0 aromatic carbocycles. The van der Waals surface area contributed by atoms with Gasteiger partial charge < -0.3 is 5.73 Å². The second-order valence-corrected chi connectivity index (χ2v) is 6.47. The smallest absolute Gasteiger partial charge is 0.244 e. The normalized spacial score (nSPS) is 14.0. The first-order valence-corrected chi connectivity index (χ1v) is 8.11. The molecule has 19 heavy (non-hydrogen) atoms. The Balaban J connectivity index is 3.01. The zero-order valence-corrected chi connectivity index (χ0v) is 12.8. The summed E-state index contributed by atoms with van der Waals surface area (Å²) in [6.45, 7) is 7.80. The van der Waals surface area contributed by atoms with Crippen LogP contribution in [0, 0.1) is 12.8 Å². The van der Waals surface area contributed by atoms with Crippen LogP contribution in [0.1, 0.15) is 45.0 Å². The van der Waals surface area contributed by atoms with Crippen molar-refractivity contribution in [1.82, 2.24) is 14.9 Å². The minimum atomic E-state index is -3.58. The Kier molecular flexibility index (Phi) is 5.51. The van der Waals surface area contributed by atoms with Crippen LogP contribution < -0.4 is 10.5 Å². The van der Waals surface area contributed by atoms with Gasteiger partial charge in [-0.15, -0.1) is 0 Å². The second-order valence-electron chi connectivity index (χ2n) is 4.82. The van der Waals surface area contributed by atoms with Gasteiger partial charge in [-0.1, -0.05) is 26.7 Å². The van der Waals surface area contributed by atoms with E-state index < -0.39 is 10.0 Å². The van der Waals surface area contributed by atoms with Crippen LogP contribution in [0.15, 0.2) is 4.90 Å². The maximum Gasteiger partial charge on any atom is 0.244 e. The summed E-state index contributed by atoms with van der Waals surface area (Å²) >= 11 is 0. The van der Waals surface area contributed by atoms with Crippen molar-refractivity contribution in [2.45, 2.75) is 58.0 Å². The van der Waals surface area contributed by atoms with Gasteiger partial charge in [0.15, 0.2) is 0 Å². The molecule has 1 aromatic rings. The van der Waals surface area contributed by atoms with E-state index in [0.29, 0.717) is 17.3 Å². The maximum atomic E-state index is 12.4. The van der Waals surface area contributed by atoms with Crippen LogP contribution in [0.25, 0.3) is 0 Å². The molecular weight excluding hydrogens is 264 g/mol. The summed E-state index contributed by atoms with van der Waals surface area (Å²) in [5, 5.41) is 6.60. The van der Waals surface area contributed by atoms with E-state index in [1.54, 1.807) is 6.92 Å².